The third-order valence-corrected chi connectivity index (χ3v) is 4.22. The predicted octanol–water partition coefficient (Wildman–Crippen LogP) is 1.78. The number of piperidine rings is 1. The van der Waals surface area contributed by atoms with Crippen LogP contribution in [-0.4, -0.2) is 44.1 Å². The number of nitrogens with one attached hydrogen (secondary N) is 2. The van der Waals surface area contributed by atoms with Crippen molar-refractivity contribution in [3.8, 4) is 0 Å². The summed E-state index contributed by atoms with van der Waals surface area (Å²) < 4.78 is 0. The molecule has 126 valence electrons. The number of nitro benzene ring substituents is 1. The predicted molar refractivity (Wildman–Crippen MR) is 90.0 cm³/mol. The molecule has 0 radical (unpaired) electrons. The van der Waals surface area contributed by atoms with Crippen molar-refractivity contribution in [2.75, 3.05) is 38.1 Å². The van der Waals surface area contributed by atoms with Crippen molar-refractivity contribution in [3.63, 3.8) is 0 Å². The van der Waals surface area contributed by atoms with Crippen LogP contribution in [0.5, 0.6) is 0 Å². The molecule has 1 aromatic rings. The first-order valence-corrected chi connectivity index (χ1v) is 7.99. The second-order valence-electron chi connectivity index (χ2n) is 5.99. The molecular weight excluding hydrogens is 296 g/mol. The Morgan fingerprint density at radius 2 is 2.04 bits per heavy atom. The van der Waals surface area contributed by atoms with Crippen LogP contribution in [0.1, 0.15) is 30.1 Å². The number of rotatable bonds is 6. The van der Waals surface area contributed by atoms with Gasteiger partial charge in [-0.1, -0.05) is 6.92 Å². The quantitative estimate of drug-likeness (QED) is 0.474. The van der Waals surface area contributed by atoms with Gasteiger partial charge in [-0.05, 0) is 37.9 Å². The number of hydrogen-bond donors (Lipinski definition) is 2. The number of nitrogens with zero attached hydrogens (tertiary/aromatic N) is 2. The summed E-state index contributed by atoms with van der Waals surface area (Å²) in [5.41, 5.74) is 0.927. The van der Waals surface area contributed by atoms with Crippen LogP contribution in [0.2, 0.25) is 0 Å². The molecule has 1 amide bonds. The zero-order chi connectivity index (χ0) is 16.8. The van der Waals surface area contributed by atoms with Crippen LogP contribution in [-0.2, 0) is 0 Å². The zero-order valence-corrected chi connectivity index (χ0v) is 13.7. The molecule has 1 aliphatic rings. The van der Waals surface area contributed by atoms with Gasteiger partial charge in [-0.15, -0.1) is 0 Å². The van der Waals surface area contributed by atoms with Gasteiger partial charge >= 0.3 is 0 Å². The highest BCUT2D eigenvalue weighted by Crippen LogP contribution is 2.32. The lowest BCUT2D eigenvalue weighted by molar-refractivity contribution is -0.384. The molecule has 0 atom stereocenters. The van der Waals surface area contributed by atoms with E-state index < -0.39 is 4.92 Å². The highest BCUT2D eigenvalue weighted by molar-refractivity contribution is 5.95. The molecule has 2 N–H and O–H groups in total. The summed E-state index contributed by atoms with van der Waals surface area (Å²) >= 11 is 0. The molecule has 1 saturated heterocycles. The lowest BCUT2D eigenvalue weighted by Crippen LogP contribution is -2.33. The Bertz CT molecular complexity index is 568. The third kappa shape index (κ3) is 4.41. The van der Waals surface area contributed by atoms with Crippen molar-refractivity contribution < 1.29 is 9.72 Å². The molecule has 1 fully saturated rings. The molecule has 0 aromatic heterocycles. The number of nitro groups is 1. The standard InChI is InChI=1S/C16H24N4O3/c1-12-5-9-19(10-6-12)14-4-3-13(11-15(14)20(22)23)16(21)18-8-7-17-2/h3-4,11-12,17H,5-10H2,1-2H3,(H,18,21). The molecular formula is C16H24N4O3. The average Bonchev–Trinajstić information content (AvgIpc) is 2.55. The number of carbonyl (C=O) groups excluding carboxylic acids is 1. The van der Waals surface area contributed by atoms with Gasteiger partial charge in [0.1, 0.15) is 5.69 Å². The summed E-state index contributed by atoms with van der Waals surface area (Å²) in [6.45, 7) is 4.96. The van der Waals surface area contributed by atoms with Gasteiger partial charge in [0.15, 0.2) is 0 Å². The molecule has 1 heterocycles. The summed E-state index contributed by atoms with van der Waals surface area (Å²) in [6, 6.07) is 4.73. The largest absolute Gasteiger partial charge is 0.366 e. The van der Waals surface area contributed by atoms with Crippen molar-refractivity contribution in [1.82, 2.24) is 10.6 Å². The molecule has 0 aliphatic carbocycles. The average molecular weight is 320 g/mol. The normalized spacial score (nSPS) is 15.5. The van der Waals surface area contributed by atoms with E-state index in [-0.39, 0.29) is 11.6 Å². The molecule has 1 aliphatic heterocycles. The van der Waals surface area contributed by atoms with E-state index in [1.165, 1.54) is 6.07 Å². The summed E-state index contributed by atoms with van der Waals surface area (Å²) in [4.78, 5) is 25.1. The number of benzene rings is 1. The van der Waals surface area contributed by atoms with Gasteiger partial charge in [0.05, 0.1) is 4.92 Å². The lowest BCUT2D eigenvalue weighted by atomic mass is 9.98. The summed E-state index contributed by atoms with van der Waals surface area (Å²) in [5.74, 6) is 0.365. The Morgan fingerprint density at radius 3 is 2.65 bits per heavy atom. The smallest absolute Gasteiger partial charge is 0.293 e. The second-order valence-corrected chi connectivity index (χ2v) is 5.99. The van der Waals surface area contributed by atoms with Gasteiger partial charge in [-0.2, -0.15) is 0 Å². The molecule has 2 rings (SSSR count). The van der Waals surface area contributed by atoms with E-state index in [4.69, 9.17) is 0 Å². The van der Waals surface area contributed by atoms with Gasteiger partial charge in [0, 0.05) is 37.8 Å². The first kappa shape index (κ1) is 17.2. The van der Waals surface area contributed by atoms with Crippen molar-refractivity contribution in [2.24, 2.45) is 5.92 Å². The topological polar surface area (TPSA) is 87.5 Å². The van der Waals surface area contributed by atoms with E-state index in [0.29, 0.717) is 30.3 Å². The fourth-order valence-electron chi connectivity index (χ4n) is 2.73. The molecule has 23 heavy (non-hydrogen) atoms. The second kappa shape index (κ2) is 7.92. The van der Waals surface area contributed by atoms with Crippen LogP contribution >= 0.6 is 0 Å². The number of anilines is 1. The molecule has 0 saturated carbocycles. The Kier molecular flexibility index (Phi) is 5.92. The van der Waals surface area contributed by atoms with Crippen LogP contribution in [0.15, 0.2) is 18.2 Å². The third-order valence-electron chi connectivity index (χ3n) is 4.22. The van der Waals surface area contributed by atoms with Crippen LogP contribution in [0.25, 0.3) is 0 Å². The van der Waals surface area contributed by atoms with E-state index in [1.807, 2.05) is 4.90 Å². The van der Waals surface area contributed by atoms with Gasteiger partial charge in [-0.3, -0.25) is 14.9 Å². The molecule has 0 spiro atoms. The number of hydrogen-bond acceptors (Lipinski definition) is 5. The van der Waals surface area contributed by atoms with Crippen LogP contribution in [0.4, 0.5) is 11.4 Å². The number of amides is 1. The van der Waals surface area contributed by atoms with E-state index in [9.17, 15) is 14.9 Å². The molecule has 7 heteroatoms. The van der Waals surface area contributed by atoms with Gasteiger partial charge in [0.25, 0.3) is 11.6 Å². The number of likely N-dealkylation sites (N-methyl/N-ethyl adjacent to an activating group) is 1. The first-order valence-electron chi connectivity index (χ1n) is 7.99. The lowest BCUT2D eigenvalue weighted by Gasteiger charge is -2.31. The monoisotopic (exact) mass is 320 g/mol. The maximum Gasteiger partial charge on any atom is 0.293 e. The Labute approximate surface area is 136 Å². The fourth-order valence-corrected chi connectivity index (χ4v) is 2.73. The maximum atomic E-state index is 12.0. The fraction of sp³-hybridized carbons (Fsp3) is 0.562. The first-order chi connectivity index (χ1) is 11.0. The molecule has 0 bridgehead atoms. The van der Waals surface area contributed by atoms with E-state index in [2.05, 4.69) is 17.6 Å². The molecule has 1 aromatic carbocycles. The summed E-state index contributed by atoms with van der Waals surface area (Å²) in [6.07, 6.45) is 2.06. The maximum absolute atomic E-state index is 12.0. The van der Waals surface area contributed by atoms with E-state index >= 15 is 0 Å². The Balaban J connectivity index is 2.18. The van der Waals surface area contributed by atoms with Crippen LogP contribution in [0.3, 0.4) is 0 Å². The molecule has 7 nitrogen and oxygen atoms in total. The van der Waals surface area contributed by atoms with Gasteiger partial charge < -0.3 is 15.5 Å². The highest BCUT2D eigenvalue weighted by Gasteiger charge is 2.24. The minimum atomic E-state index is -0.405. The zero-order valence-electron chi connectivity index (χ0n) is 13.7. The SMILES string of the molecule is CNCCNC(=O)c1ccc(N2CCC(C)CC2)c([N+](=O)[O-])c1. The van der Waals surface area contributed by atoms with Crippen molar-refractivity contribution in [2.45, 2.75) is 19.8 Å². The summed E-state index contributed by atoms with van der Waals surface area (Å²) in [7, 11) is 1.80. The van der Waals surface area contributed by atoms with Crippen molar-refractivity contribution >= 4 is 17.3 Å². The highest BCUT2D eigenvalue weighted by atomic mass is 16.6. The van der Waals surface area contributed by atoms with Crippen LogP contribution < -0.4 is 15.5 Å². The van der Waals surface area contributed by atoms with E-state index in [0.717, 1.165) is 25.9 Å². The van der Waals surface area contributed by atoms with Crippen molar-refractivity contribution in [3.05, 3.63) is 33.9 Å². The number of carbonyl (C=O) groups is 1. The van der Waals surface area contributed by atoms with Crippen molar-refractivity contribution in [1.29, 1.82) is 0 Å². The van der Waals surface area contributed by atoms with Crippen LogP contribution in [0, 0.1) is 16.0 Å². The molecule has 0 unspecified atom stereocenters. The Morgan fingerprint density at radius 1 is 1.35 bits per heavy atom. The minimum absolute atomic E-state index is 0.000759. The minimum Gasteiger partial charge on any atom is -0.366 e. The van der Waals surface area contributed by atoms with E-state index in [1.54, 1.807) is 19.2 Å². The van der Waals surface area contributed by atoms with Gasteiger partial charge in [0.2, 0.25) is 0 Å². The van der Waals surface area contributed by atoms with Gasteiger partial charge in [-0.25, -0.2) is 0 Å². The Hall–Kier alpha value is -2.15. The summed E-state index contributed by atoms with van der Waals surface area (Å²) in [5, 5.41) is 17.1.